The zero-order chi connectivity index (χ0) is 35.7. The fraction of sp³-hybridized carbons (Fsp3) is 0.935. The third-order valence-electron chi connectivity index (χ3n) is 10.4. The van der Waals surface area contributed by atoms with Gasteiger partial charge in [-0.15, -0.1) is 0 Å². The van der Waals surface area contributed by atoms with Crippen molar-refractivity contribution >= 4 is 11.9 Å². The summed E-state index contributed by atoms with van der Waals surface area (Å²) in [5, 5.41) is 95.3. The van der Waals surface area contributed by atoms with E-state index in [9.17, 15) is 55.5 Å². The van der Waals surface area contributed by atoms with Gasteiger partial charge in [-0.05, 0) is 25.7 Å². The Morgan fingerprint density at radius 2 is 1.16 bits per heavy atom. The van der Waals surface area contributed by atoms with Crippen LogP contribution in [-0.2, 0) is 38.0 Å². The van der Waals surface area contributed by atoms with Crippen LogP contribution in [0.15, 0.2) is 0 Å². The van der Waals surface area contributed by atoms with E-state index in [4.69, 9.17) is 33.2 Å². The topological polar surface area (TPSA) is 284 Å². The smallest absolute Gasteiger partial charge is 0.302 e. The Bertz CT molecular complexity index is 1110. The van der Waals surface area contributed by atoms with Crippen LogP contribution in [0.3, 0.4) is 0 Å². The highest BCUT2D eigenvalue weighted by Gasteiger charge is 2.56. The van der Waals surface area contributed by atoms with Crippen LogP contribution in [0.2, 0.25) is 0 Å². The first-order valence-electron chi connectivity index (χ1n) is 16.9. The van der Waals surface area contributed by atoms with Crippen molar-refractivity contribution in [1.82, 2.24) is 0 Å². The molecular weight excluding hydrogens is 660 g/mol. The summed E-state index contributed by atoms with van der Waals surface area (Å²) >= 11 is 0. The summed E-state index contributed by atoms with van der Waals surface area (Å²) in [5.74, 6) is -2.09. The van der Waals surface area contributed by atoms with Gasteiger partial charge in [0, 0.05) is 32.6 Å². The van der Waals surface area contributed by atoms with Crippen LogP contribution in [-0.4, -0.2) is 180 Å². The maximum Gasteiger partial charge on any atom is 0.302 e. The summed E-state index contributed by atoms with van der Waals surface area (Å²) in [6, 6.07) is 0. The van der Waals surface area contributed by atoms with Gasteiger partial charge in [-0.2, -0.15) is 0 Å². The molecule has 5 aliphatic rings. The molecule has 49 heavy (non-hydrogen) atoms. The molecule has 19 atom stereocenters. The van der Waals surface area contributed by atoms with E-state index in [1.165, 1.54) is 0 Å². The molecule has 2 aliphatic carbocycles. The molecule has 0 aromatic carbocycles. The lowest BCUT2D eigenvalue weighted by Crippen LogP contribution is -2.64. The summed E-state index contributed by atoms with van der Waals surface area (Å²) in [5.41, 5.74) is 0. The minimum absolute atomic E-state index is 0.0696. The Kier molecular flexibility index (Phi) is 12.9. The van der Waals surface area contributed by atoms with Crippen molar-refractivity contribution in [2.45, 2.75) is 157 Å². The van der Waals surface area contributed by atoms with E-state index < -0.39 is 135 Å². The number of hydrogen-bond donors (Lipinski definition) is 9. The number of ether oxygens (including phenoxy) is 7. The van der Waals surface area contributed by atoms with Crippen LogP contribution in [0.25, 0.3) is 0 Å². The Hall–Kier alpha value is -1.62. The van der Waals surface area contributed by atoms with Crippen LogP contribution in [0, 0.1) is 11.8 Å². The summed E-state index contributed by atoms with van der Waals surface area (Å²) in [6.45, 7) is 1.48. The molecule has 5 rings (SSSR count). The third-order valence-corrected chi connectivity index (χ3v) is 10.4. The second-order valence-electron chi connectivity index (χ2n) is 13.9. The van der Waals surface area contributed by atoms with E-state index in [2.05, 4.69) is 0 Å². The van der Waals surface area contributed by atoms with Crippen molar-refractivity contribution < 1.29 is 88.7 Å². The number of carbonyl (C=O) groups is 2. The SMILES string of the molecule is CC(=O)OCC1OC(OC2CC(O)CC3[OH+]C(C4CCC(O)C(O)C4)C(OC4OC(COC(C)=O)C(O)C(O)C4O)CC23)C(O)C(O)C1O. The van der Waals surface area contributed by atoms with Crippen LogP contribution in [0.1, 0.15) is 52.4 Å². The zero-order valence-corrected chi connectivity index (χ0v) is 27.4. The van der Waals surface area contributed by atoms with Crippen LogP contribution in [0.4, 0.5) is 0 Å². The molecule has 282 valence electrons. The molecule has 2 saturated carbocycles. The number of aliphatic hydroxyl groups is 11. The molecule has 0 amide bonds. The van der Waals surface area contributed by atoms with E-state index in [1.807, 2.05) is 0 Å². The van der Waals surface area contributed by atoms with Crippen LogP contribution in [0.5, 0.6) is 0 Å². The van der Waals surface area contributed by atoms with Crippen molar-refractivity contribution in [3.8, 4) is 0 Å². The maximum atomic E-state index is 11.4. The number of fused-ring (bicyclic) bond motifs is 1. The van der Waals surface area contributed by atoms with Gasteiger partial charge in [0.2, 0.25) is 0 Å². The third kappa shape index (κ3) is 8.89. The fourth-order valence-corrected chi connectivity index (χ4v) is 7.71. The number of esters is 2. The van der Waals surface area contributed by atoms with Crippen molar-refractivity contribution in [3.05, 3.63) is 0 Å². The maximum absolute atomic E-state index is 11.4. The molecule has 5 fully saturated rings. The molecule has 0 bridgehead atoms. The molecule has 0 aromatic rings. The highest BCUT2D eigenvalue weighted by atomic mass is 16.7. The molecule has 3 saturated heterocycles. The standard InChI is InChI=1S/C31H50O18/c1-11(32)43-9-21-23(37)25(39)27(41)30(48-21)46-19-7-14(34)6-18-15(19)8-20(29(45-18)13-3-4-16(35)17(36)5-13)47-31-28(42)26(40)24(38)22(49-31)10-44-12(2)33/h13-31,34-42H,3-10H2,1-2H3/p+1. The Morgan fingerprint density at radius 1 is 0.633 bits per heavy atom. The molecule has 3 heterocycles. The number of rotatable bonds is 9. The molecule has 10 N–H and O–H groups in total. The van der Waals surface area contributed by atoms with Crippen molar-refractivity contribution in [1.29, 1.82) is 0 Å². The van der Waals surface area contributed by atoms with Gasteiger partial charge in [-0.3, -0.25) is 9.59 Å². The lowest BCUT2D eigenvalue weighted by Gasteiger charge is -2.50. The van der Waals surface area contributed by atoms with E-state index in [-0.39, 0.29) is 31.6 Å². The lowest BCUT2D eigenvalue weighted by atomic mass is 9.72. The molecule has 3 aliphatic heterocycles. The van der Waals surface area contributed by atoms with Gasteiger partial charge in [-0.1, -0.05) is 0 Å². The van der Waals surface area contributed by atoms with E-state index >= 15 is 0 Å². The van der Waals surface area contributed by atoms with Gasteiger partial charge in [0.05, 0.1) is 30.3 Å². The molecular formula is C31H51O18+. The molecule has 19 unspecified atom stereocenters. The van der Waals surface area contributed by atoms with Gasteiger partial charge in [0.1, 0.15) is 68.1 Å². The van der Waals surface area contributed by atoms with Gasteiger partial charge < -0.3 is 79.1 Å². The monoisotopic (exact) mass is 711 g/mol. The predicted octanol–water partition coefficient (Wildman–Crippen LogP) is -4.54. The Morgan fingerprint density at radius 3 is 1.67 bits per heavy atom. The normalized spacial score (nSPS) is 49.1. The minimum Gasteiger partial charge on any atom is -0.463 e. The summed E-state index contributed by atoms with van der Waals surface area (Å²) < 4.78 is 39.0. The van der Waals surface area contributed by atoms with E-state index in [0.29, 0.717) is 12.8 Å². The first kappa shape index (κ1) is 38.6. The van der Waals surface area contributed by atoms with Gasteiger partial charge in [0.25, 0.3) is 0 Å². The molecule has 0 aromatic heterocycles. The summed E-state index contributed by atoms with van der Waals surface area (Å²) in [6.07, 6.45) is -19.7. The molecule has 0 spiro atoms. The second kappa shape index (κ2) is 16.4. The lowest BCUT2D eigenvalue weighted by molar-refractivity contribution is -0.367. The zero-order valence-electron chi connectivity index (χ0n) is 27.4. The predicted molar refractivity (Wildman–Crippen MR) is 159 cm³/mol. The van der Waals surface area contributed by atoms with Crippen molar-refractivity contribution in [2.24, 2.45) is 11.8 Å². The fourth-order valence-electron chi connectivity index (χ4n) is 7.71. The van der Waals surface area contributed by atoms with Gasteiger partial charge in [-0.25, -0.2) is 0 Å². The van der Waals surface area contributed by atoms with Crippen LogP contribution < -0.4 is 0 Å². The van der Waals surface area contributed by atoms with E-state index in [1.54, 1.807) is 0 Å². The Labute approximate surface area is 282 Å². The first-order valence-corrected chi connectivity index (χ1v) is 16.9. The average Bonchev–Trinajstić information content (AvgIpc) is 3.05. The Balaban J connectivity index is 1.37. The molecule has 18 heteroatoms. The summed E-state index contributed by atoms with van der Waals surface area (Å²) in [7, 11) is 0. The quantitative estimate of drug-likeness (QED) is 0.0804. The van der Waals surface area contributed by atoms with Crippen molar-refractivity contribution in [3.63, 3.8) is 0 Å². The van der Waals surface area contributed by atoms with E-state index in [0.717, 1.165) is 13.8 Å². The van der Waals surface area contributed by atoms with Gasteiger partial charge in [0.15, 0.2) is 24.8 Å². The van der Waals surface area contributed by atoms with Gasteiger partial charge >= 0.3 is 11.9 Å². The number of aliphatic hydroxyl groups excluding tert-OH is 9. The summed E-state index contributed by atoms with van der Waals surface area (Å²) in [4.78, 5) is 22.8. The molecule has 18 nitrogen and oxygen atoms in total. The van der Waals surface area contributed by atoms with Crippen molar-refractivity contribution in [2.75, 3.05) is 13.2 Å². The minimum atomic E-state index is -1.72. The largest absolute Gasteiger partial charge is 0.463 e. The molecule has 0 radical (unpaired) electrons. The first-order chi connectivity index (χ1) is 23.1. The average molecular weight is 712 g/mol. The highest BCUT2D eigenvalue weighted by Crippen LogP contribution is 2.44. The number of carbonyl (C=O) groups excluding carboxylic acids is 2. The van der Waals surface area contributed by atoms with Crippen LogP contribution >= 0.6 is 0 Å². The second-order valence-corrected chi connectivity index (χ2v) is 13.9. The number of hydrogen-bond acceptors (Lipinski definition) is 17. The highest BCUT2D eigenvalue weighted by molar-refractivity contribution is 5.66.